The monoisotopic (exact) mass is 253 g/mol. The fourth-order valence-electron chi connectivity index (χ4n) is 1.39. The molecule has 2 N–H and O–H groups in total. The van der Waals surface area contributed by atoms with E-state index in [-0.39, 0.29) is 5.60 Å². The topological polar surface area (TPSA) is 53.7 Å². The average molecular weight is 253 g/mol. The summed E-state index contributed by atoms with van der Waals surface area (Å²) in [4.78, 5) is 0. The van der Waals surface area contributed by atoms with E-state index in [1.807, 2.05) is 33.8 Å². The van der Waals surface area contributed by atoms with Gasteiger partial charge in [0.1, 0.15) is 18.1 Å². The van der Waals surface area contributed by atoms with Gasteiger partial charge in [-0.15, -0.1) is 0 Å². The fraction of sp³-hybridized carbons (Fsp3) is 0.571. The third-order valence-corrected chi connectivity index (χ3v) is 2.17. The summed E-state index contributed by atoms with van der Waals surface area (Å²) in [5.74, 6) is 1.40. The van der Waals surface area contributed by atoms with Crippen molar-refractivity contribution in [2.45, 2.75) is 33.3 Å². The molecule has 0 spiro atoms. The molecule has 0 bridgehead atoms. The second-order valence-electron chi connectivity index (χ2n) is 4.94. The van der Waals surface area contributed by atoms with E-state index in [1.165, 1.54) is 0 Å². The van der Waals surface area contributed by atoms with E-state index in [1.54, 1.807) is 12.1 Å². The van der Waals surface area contributed by atoms with Gasteiger partial charge in [-0.1, -0.05) is 0 Å². The van der Waals surface area contributed by atoms with E-state index in [0.29, 0.717) is 31.3 Å². The summed E-state index contributed by atoms with van der Waals surface area (Å²) in [5.41, 5.74) is 6.26. The highest BCUT2D eigenvalue weighted by molar-refractivity contribution is 5.55. The first-order valence-electron chi connectivity index (χ1n) is 6.21. The van der Waals surface area contributed by atoms with Gasteiger partial charge >= 0.3 is 0 Å². The second kappa shape index (κ2) is 6.50. The predicted octanol–water partition coefficient (Wildman–Crippen LogP) is 2.86. The Balaban J connectivity index is 2.45. The minimum atomic E-state index is -0.138. The average Bonchev–Trinajstić information content (AvgIpc) is 2.28. The Morgan fingerprint density at radius 2 is 1.83 bits per heavy atom. The third kappa shape index (κ3) is 5.27. The van der Waals surface area contributed by atoms with Crippen molar-refractivity contribution >= 4 is 5.69 Å². The molecular weight excluding hydrogens is 230 g/mol. The molecule has 4 heteroatoms. The molecule has 1 aromatic rings. The van der Waals surface area contributed by atoms with Gasteiger partial charge in [0.05, 0.1) is 24.5 Å². The molecule has 0 saturated carbocycles. The van der Waals surface area contributed by atoms with Crippen molar-refractivity contribution in [1.82, 2.24) is 0 Å². The predicted molar refractivity (Wildman–Crippen MR) is 73.2 cm³/mol. The van der Waals surface area contributed by atoms with E-state index in [0.717, 1.165) is 5.75 Å². The van der Waals surface area contributed by atoms with Gasteiger partial charge in [0.15, 0.2) is 0 Å². The maximum Gasteiger partial charge on any atom is 0.145 e. The quantitative estimate of drug-likeness (QED) is 0.625. The van der Waals surface area contributed by atoms with Crippen LogP contribution < -0.4 is 15.2 Å². The maximum atomic E-state index is 5.78. The van der Waals surface area contributed by atoms with Gasteiger partial charge in [-0.2, -0.15) is 0 Å². The van der Waals surface area contributed by atoms with Crippen LogP contribution >= 0.6 is 0 Å². The second-order valence-corrected chi connectivity index (χ2v) is 4.94. The molecule has 1 aromatic carbocycles. The number of benzene rings is 1. The van der Waals surface area contributed by atoms with E-state index in [4.69, 9.17) is 19.9 Å². The number of nitrogens with two attached hydrogens (primary N) is 1. The van der Waals surface area contributed by atoms with Crippen LogP contribution in [0.4, 0.5) is 5.69 Å². The molecule has 0 amide bonds. The van der Waals surface area contributed by atoms with Crippen molar-refractivity contribution in [2.24, 2.45) is 0 Å². The standard InChI is InChI=1S/C14H23NO3/c1-5-16-13-10-11(6-7-12(13)15)17-8-9-18-14(2,3)4/h6-7,10H,5,8-9,15H2,1-4H3. The highest BCUT2D eigenvalue weighted by atomic mass is 16.5. The third-order valence-electron chi connectivity index (χ3n) is 2.17. The first-order valence-corrected chi connectivity index (χ1v) is 6.21. The van der Waals surface area contributed by atoms with Crippen LogP contribution in [0.25, 0.3) is 0 Å². The lowest BCUT2D eigenvalue weighted by molar-refractivity contribution is -0.0163. The number of hydrogen-bond donors (Lipinski definition) is 1. The van der Waals surface area contributed by atoms with Gasteiger partial charge < -0.3 is 19.9 Å². The van der Waals surface area contributed by atoms with Crippen molar-refractivity contribution in [3.8, 4) is 11.5 Å². The summed E-state index contributed by atoms with van der Waals surface area (Å²) in [6.07, 6.45) is 0. The SMILES string of the molecule is CCOc1cc(OCCOC(C)(C)C)ccc1N. The van der Waals surface area contributed by atoms with Crippen LogP contribution in [-0.4, -0.2) is 25.4 Å². The maximum absolute atomic E-state index is 5.78. The summed E-state index contributed by atoms with van der Waals surface area (Å²) in [6, 6.07) is 5.41. The van der Waals surface area contributed by atoms with Gasteiger partial charge in [-0.05, 0) is 39.8 Å². The Hall–Kier alpha value is -1.42. The van der Waals surface area contributed by atoms with Gasteiger partial charge in [0, 0.05) is 6.07 Å². The number of rotatable bonds is 6. The minimum absolute atomic E-state index is 0.138. The van der Waals surface area contributed by atoms with Crippen LogP contribution in [0, 0.1) is 0 Å². The van der Waals surface area contributed by atoms with Crippen molar-refractivity contribution < 1.29 is 14.2 Å². The van der Waals surface area contributed by atoms with Crippen molar-refractivity contribution in [1.29, 1.82) is 0 Å². The molecule has 0 aromatic heterocycles. The lowest BCUT2D eigenvalue weighted by Crippen LogP contribution is -2.22. The van der Waals surface area contributed by atoms with Crippen LogP contribution in [0.2, 0.25) is 0 Å². The lowest BCUT2D eigenvalue weighted by Gasteiger charge is -2.19. The van der Waals surface area contributed by atoms with Crippen LogP contribution in [0.3, 0.4) is 0 Å². The Bertz CT molecular complexity index is 372. The smallest absolute Gasteiger partial charge is 0.145 e. The van der Waals surface area contributed by atoms with Gasteiger partial charge in [-0.25, -0.2) is 0 Å². The summed E-state index contributed by atoms with van der Waals surface area (Å²) in [5, 5.41) is 0. The number of anilines is 1. The first-order chi connectivity index (χ1) is 8.42. The zero-order chi connectivity index (χ0) is 13.6. The number of hydrogen-bond acceptors (Lipinski definition) is 4. The van der Waals surface area contributed by atoms with Gasteiger partial charge in [0.2, 0.25) is 0 Å². The molecule has 0 unspecified atom stereocenters. The van der Waals surface area contributed by atoms with Crippen LogP contribution in [0.5, 0.6) is 11.5 Å². The summed E-state index contributed by atoms with van der Waals surface area (Å²) in [6.45, 7) is 9.62. The lowest BCUT2D eigenvalue weighted by atomic mass is 10.2. The van der Waals surface area contributed by atoms with Gasteiger partial charge in [0.25, 0.3) is 0 Å². The van der Waals surface area contributed by atoms with E-state index < -0.39 is 0 Å². The highest BCUT2D eigenvalue weighted by Crippen LogP contribution is 2.26. The van der Waals surface area contributed by atoms with Crippen molar-refractivity contribution in [2.75, 3.05) is 25.6 Å². The largest absolute Gasteiger partial charge is 0.492 e. The van der Waals surface area contributed by atoms with Crippen LogP contribution in [0.1, 0.15) is 27.7 Å². The molecule has 0 heterocycles. The molecule has 1 rings (SSSR count). The van der Waals surface area contributed by atoms with E-state index in [9.17, 15) is 0 Å². The Morgan fingerprint density at radius 1 is 1.11 bits per heavy atom. The zero-order valence-corrected chi connectivity index (χ0v) is 11.7. The number of ether oxygens (including phenoxy) is 3. The molecule has 0 aliphatic rings. The fourth-order valence-corrected chi connectivity index (χ4v) is 1.39. The molecule has 4 nitrogen and oxygen atoms in total. The van der Waals surface area contributed by atoms with Crippen LogP contribution in [0.15, 0.2) is 18.2 Å². The zero-order valence-electron chi connectivity index (χ0n) is 11.7. The molecule has 0 radical (unpaired) electrons. The molecular formula is C14H23NO3. The summed E-state index contributed by atoms with van der Waals surface area (Å²) in [7, 11) is 0. The summed E-state index contributed by atoms with van der Waals surface area (Å²) >= 11 is 0. The van der Waals surface area contributed by atoms with Crippen molar-refractivity contribution in [3.63, 3.8) is 0 Å². The molecule has 18 heavy (non-hydrogen) atoms. The number of nitrogen functional groups attached to an aromatic ring is 1. The Kier molecular flexibility index (Phi) is 5.28. The minimum Gasteiger partial charge on any atom is -0.492 e. The first kappa shape index (κ1) is 14.6. The van der Waals surface area contributed by atoms with E-state index in [2.05, 4.69) is 0 Å². The Morgan fingerprint density at radius 3 is 2.44 bits per heavy atom. The molecule has 102 valence electrons. The highest BCUT2D eigenvalue weighted by Gasteiger charge is 2.09. The van der Waals surface area contributed by atoms with E-state index >= 15 is 0 Å². The molecule has 0 saturated heterocycles. The Labute approximate surface area is 109 Å². The normalized spacial score (nSPS) is 11.3. The van der Waals surface area contributed by atoms with Crippen molar-refractivity contribution in [3.05, 3.63) is 18.2 Å². The van der Waals surface area contributed by atoms with Gasteiger partial charge in [-0.3, -0.25) is 0 Å². The molecule has 0 fully saturated rings. The molecule has 0 atom stereocenters. The molecule has 0 aliphatic heterocycles. The summed E-state index contributed by atoms with van der Waals surface area (Å²) < 4.78 is 16.6. The van der Waals surface area contributed by atoms with Crippen LogP contribution in [-0.2, 0) is 4.74 Å². The molecule has 0 aliphatic carbocycles.